The smallest absolute Gasteiger partial charge is 0.417 e. The van der Waals surface area contributed by atoms with Crippen LogP contribution in [0.25, 0.3) is 22.2 Å². The third kappa shape index (κ3) is 3.82. The van der Waals surface area contributed by atoms with Crippen LogP contribution in [0, 0.1) is 11.6 Å². The van der Waals surface area contributed by atoms with Crippen LogP contribution in [-0.4, -0.2) is 26.8 Å². The summed E-state index contributed by atoms with van der Waals surface area (Å²) in [4.78, 5) is 24.2. The highest BCUT2D eigenvalue weighted by Crippen LogP contribution is 2.37. The lowest BCUT2D eigenvalue weighted by Gasteiger charge is -2.13. The Morgan fingerprint density at radius 3 is 2.30 bits per heavy atom. The van der Waals surface area contributed by atoms with E-state index in [1.165, 1.54) is 12.1 Å². The third-order valence-electron chi connectivity index (χ3n) is 4.85. The van der Waals surface area contributed by atoms with Gasteiger partial charge in [-0.3, -0.25) is 4.79 Å². The van der Waals surface area contributed by atoms with Crippen molar-refractivity contribution >= 4 is 34.4 Å². The van der Waals surface area contributed by atoms with Crippen LogP contribution in [0.2, 0.25) is 5.02 Å². The van der Waals surface area contributed by atoms with E-state index in [0.717, 1.165) is 30.3 Å². The first kappa shape index (κ1) is 22.4. The lowest BCUT2D eigenvalue weighted by Crippen LogP contribution is -2.20. The second-order valence-electron chi connectivity index (χ2n) is 6.86. The minimum absolute atomic E-state index is 0.232. The van der Waals surface area contributed by atoms with E-state index in [2.05, 4.69) is 5.10 Å². The molecule has 33 heavy (non-hydrogen) atoms. The largest absolute Gasteiger partial charge is 0.478 e. The molecular formula is C22H10ClF5N2O3. The zero-order valence-electron chi connectivity index (χ0n) is 16.1. The first-order valence-electron chi connectivity index (χ1n) is 9.11. The van der Waals surface area contributed by atoms with Gasteiger partial charge in [-0.25, -0.2) is 13.6 Å². The van der Waals surface area contributed by atoms with Crippen molar-refractivity contribution in [3.63, 3.8) is 0 Å². The molecule has 0 aliphatic carbocycles. The van der Waals surface area contributed by atoms with Gasteiger partial charge >= 0.3 is 12.1 Å². The van der Waals surface area contributed by atoms with Gasteiger partial charge in [0.25, 0.3) is 5.91 Å². The number of carboxylic acid groups (broad SMARTS) is 1. The Bertz CT molecular complexity index is 1450. The maximum atomic E-state index is 14.7. The normalized spacial score (nSPS) is 11.7. The van der Waals surface area contributed by atoms with E-state index in [-0.39, 0.29) is 22.0 Å². The summed E-state index contributed by atoms with van der Waals surface area (Å²) in [6.07, 6.45) is -4.92. The molecule has 0 fully saturated rings. The van der Waals surface area contributed by atoms with Crippen LogP contribution in [0.1, 0.15) is 26.3 Å². The van der Waals surface area contributed by atoms with E-state index in [4.69, 9.17) is 16.7 Å². The third-order valence-corrected chi connectivity index (χ3v) is 5.17. The van der Waals surface area contributed by atoms with Crippen LogP contribution < -0.4 is 0 Å². The molecule has 3 aromatic carbocycles. The molecule has 0 aliphatic rings. The highest BCUT2D eigenvalue weighted by Gasteiger charge is 2.37. The molecule has 11 heteroatoms. The Kier molecular flexibility index (Phi) is 5.41. The summed E-state index contributed by atoms with van der Waals surface area (Å²) in [5.41, 5.74) is -3.59. The van der Waals surface area contributed by atoms with Gasteiger partial charge in [0.05, 0.1) is 32.6 Å². The van der Waals surface area contributed by atoms with Crippen molar-refractivity contribution in [1.29, 1.82) is 0 Å². The maximum absolute atomic E-state index is 14.7. The Morgan fingerprint density at radius 1 is 0.970 bits per heavy atom. The molecule has 0 bridgehead atoms. The number of nitrogens with zero attached hydrogens (tertiary/aromatic N) is 2. The summed E-state index contributed by atoms with van der Waals surface area (Å²) in [6, 6.07) is 8.95. The molecule has 1 aromatic heterocycles. The number of halogens is 6. The van der Waals surface area contributed by atoms with Gasteiger partial charge in [-0.15, -0.1) is 0 Å². The van der Waals surface area contributed by atoms with Crippen LogP contribution in [0.3, 0.4) is 0 Å². The second-order valence-corrected chi connectivity index (χ2v) is 7.27. The van der Waals surface area contributed by atoms with Gasteiger partial charge < -0.3 is 5.11 Å². The van der Waals surface area contributed by atoms with Crippen LogP contribution >= 0.6 is 11.6 Å². The molecule has 4 rings (SSSR count). The quantitative estimate of drug-likeness (QED) is 0.363. The Hall–Kier alpha value is -3.79. The predicted octanol–water partition coefficient (Wildman–Crippen LogP) is 6.04. The number of carboxylic acids is 1. The first-order chi connectivity index (χ1) is 15.5. The number of alkyl halides is 3. The van der Waals surface area contributed by atoms with Gasteiger partial charge in [0.15, 0.2) is 0 Å². The van der Waals surface area contributed by atoms with Crippen LogP contribution in [0.5, 0.6) is 0 Å². The fraction of sp³-hybridized carbons (Fsp3) is 0.0455. The van der Waals surface area contributed by atoms with Crippen molar-refractivity contribution in [3.05, 3.63) is 87.9 Å². The first-order valence-corrected chi connectivity index (χ1v) is 9.49. The van der Waals surface area contributed by atoms with Crippen molar-refractivity contribution < 1.29 is 36.6 Å². The molecule has 0 radical (unpaired) electrons. The van der Waals surface area contributed by atoms with E-state index < -0.39 is 51.5 Å². The molecule has 0 saturated heterocycles. The summed E-state index contributed by atoms with van der Waals surface area (Å²) in [6.45, 7) is 0. The number of carbonyl (C=O) groups excluding carboxylic acids is 1. The molecule has 0 spiro atoms. The van der Waals surface area contributed by atoms with E-state index >= 15 is 0 Å². The van der Waals surface area contributed by atoms with Gasteiger partial charge in [0.1, 0.15) is 17.3 Å². The van der Waals surface area contributed by atoms with Gasteiger partial charge in [-0.1, -0.05) is 23.7 Å². The number of fused-ring (bicyclic) bond motifs is 1. The molecule has 168 valence electrons. The van der Waals surface area contributed by atoms with Crippen molar-refractivity contribution in [2.45, 2.75) is 6.18 Å². The Balaban J connectivity index is 1.99. The minimum atomic E-state index is -4.92. The molecule has 4 aromatic rings. The number of benzene rings is 3. The van der Waals surface area contributed by atoms with Gasteiger partial charge in [0.2, 0.25) is 0 Å². The van der Waals surface area contributed by atoms with Gasteiger partial charge in [0, 0.05) is 5.56 Å². The lowest BCUT2D eigenvalue weighted by atomic mass is 10.0. The Labute approximate surface area is 186 Å². The molecule has 0 atom stereocenters. The molecular weight excluding hydrogens is 471 g/mol. The standard InChI is InChI=1S/C22H10ClF5N2O3/c23-13-4-1-3-12(22(26,27)28)17(13)20(31)30-16-6-2-5-14(24)18(16)19(29-30)11-8-7-10(21(32)33)9-15(11)25/h1-9H,(H,32,33). The summed E-state index contributed by atoms with van der Waals surface area (Å²) in [5.74, 6) is -4.71. The highest BCUT2D eigenvalue weighted by molar-refractivity contribution is 6.34. The lowest BCUT2D eigenvalue weighted by molar-refractivity contribution is -0.137. The topological polar surface area (TPSA) is 72.2 Å². The number of aromatic nitrogens is 2. The fourth-order valence-electron chi connectivity index (χ4n) is 3.39. The number of rotatable bonds is 3. The molecule has 0 saturated carbocycles. The van der Waals surface area contributed by atoms with Crippen molar-refractivity contribution in [3.8, 4) is 11.3 Å². The zero-order valence-corrected chi connectivity index (χ0v) is 16.9. The van der Waals surface area contributed by atoms with Gasteiger partial charge in [-0.2, -0.15) is 23.0 Å². The van der Waals surface area contributed by atoms with E-state index in [1.54, 1.807) is 0 Å². The van der Waals surface area contributed by atoms with Crippen LogP contribution in [0.15, 0.2) is 54.6 Å². The molecule has 0 aliphatic heterocycles. The fourth-order valence-corrected chi connectivity index (χ4v) is 3.65. The zero-order chi connectivity index (χ0) is 24.1. The van der Waals surface area contributed by atoms with E-state index in [0.29, 0.717) is 16.8 Å². The SMILES string of the molecule is O=C(O)c1ccc(-c2nn(C(=O)c3c(Cl)cccc3C(F)(F)F)c3cccc(F)c23)c(F)c1. The summed E-state index contributed by atoms with van der Waals surface area (Å²) in [7, 11) is 0. The predicted molar refractivity (Wildman–Crippen MR) is 108 cm³/mol. The van der Waals surface area contributed by atoms with Crippen molar-refractivity contribution in [2.75, 3.05) is 0 Å². The monoisotopic (exact) mass is 480 g/mol. The molecule has 5 nitrogen and oxygen atoms in total. The Morgan fingerprint density at radius 2 is 1.67 bits per heavy atom. The van der Waals surface area contributed by atoms with Crippen LogP contribution in [-0.2, 0) is 6.18 Å². The highest BCUT2D eigenvalue weighted by atomic mass is 35.5. The summed E-state index contributed by atoms with van der Waals surface area (Å²) >= 11 is 5.91. The molecule has 1 N–H and O–H groups in total. The van der Waals surface area contributed by atoms with Crippen molar-refractivity contribution in [1.82, 2.24) is 9.78 Å². The summed E-state index contributed by atoms with van der Waals surface area (Å²) in [5, 5.41) is 12.1. The van der Waals surface area contributed by atoms with E-state index in [9.17, 15) is 31.5 Å². The maximum Gasteiger partial charge on any atom is 0.417 e. The number of carbonyl (C=O) groups is 2. The van der Waals surface area contributed by atoms with Crippen molar-refractivity contribution in [2.24, 2.45) is 0 Å². The molecule has 1 heterocycles. The molecule has 0 unspecified atom stereocenters. The average molecular weight is 481 g/mol. The second kappa shape index (κ2) is 7.96. The minimum Gasteiger partial charge on any atom is -0.478 e. The summed E-state index contributed by atoms with van der Waals surface area (Å²) < 4.78 is 70.4. The van der Waals surface area contributed by atoms with Crippen LogP contribution in [0.4, 0.5) is 22.0 Å². The van der Waals surface area contributed by atoms with E-state index in [1.807, 2.05) is 0 Å². The number of hydrogen-bond donors (Lipinski definition) is 1. The van der Waals surface area contributed by atoms with Gasteiger partial charge in [-0.05, 0) is 42.5 Å². The average Bonchev–Trinajstić information content (AvgIpc) is 3.13. The number of aromatic carboxylic acids is 1. The molecule has 0 amide bonds. The number of hydrogen-bond acceptors (Lipinski definition) is 3.